The number of nitrogens with one attached hydrogen (secondary N) is 1. The molecule has 6 nitrogen and oxygen atoms in total. The molecule has 1 aromatic rings. The quantitative estimate of drug-likeness (QED) is 0.838. The zero-order valence-corrected chi connectivity index (χ0v) is 13.9. The van der Waals surface area contributed by atoms with Gasteiger partial charge in [-0.15, -0.1) is 0 Å². The maximum atomic E-state index is 12.2. The van der Waals surface area contributed by atoms with E-state index in [2.05, 4.69) is 29.0 Å². The van der Waals surface area contributed by atoms with Crippen molar-refractivity contribution in [3.63, 3.8) is 0 Å². The highest BCUT2D eigenvalue weighted by Gasteiger charge is 2.27. The Bertz CT molecular complexity index is 478. The molecule has 1 aliphatic rings. The van der Waals surface area contributed by atoms with E-state index in [1.807, 2.05) is 11.8 Å². The van der Waals surface area contributed by atoms with E-state index in [0.717, 1.165) is 38.2 Å². The molecule has 0 bridgehead atoms. The summed E-state index contributed by atoms with van der Waals surface area (Å²) in [5, 5.41) is 17.0. The predicted molar refractivity (Wildman–Crippen MR) is 84.2 cm³/mol. The number of aliphatic hydroxyl groups is 1. The largest absolute Gasteiger partial charge is 0.393 e. The van der Waals surface area contributed by atoms with Gasteiger partial charge in [0.05, 0.1) is 6.10 Å². The number of hydrogen-bond donors (Lipinski definition) is 2. The van der Waals surface area contributed by atoms with Crippen molar-refractivity contribution < 1.29 is 9.90 Å². The fourth-order valence-corrected chi connectivity index (χ4v) is 3.09. The van der Waals surface area contributed by atoms with E-state index in [4.69, 9.17) is 0 Å². The van der Waals surface area contributed by atoms with Crippen molar-refractivity contribution >= 4 is 5.91 Å². The minimum absolute atomic E-state index is 0.166. The van der Waals surface area contributed by atoms with Crippen LogP contribution in [0.15, 0.2) is 0 Å². The van der Waals surface area contributed by atoms with Crippen LogP contribution in [0.3, 0.4) is 0 Å². The Hall–Kier alpha value is -1.43. The molecule has 1 fully saturated rings. The molecule has 124 valence electrons. The Morgan fingerprint density at radius 2 is 2.09 bits per heavy atom. The minimum Gasteiger partial charge on any atom is -0.393 e. The number of rotatable bonds is 6. The number of carbonyl (C=O) groups is 1. The van der Waals surface area contributed by atoms with Crippen molar-refractivity contribution in [2.45, 2.75) is 59.0 Å². The molecule has 1 saturated heterocycles. The molecule has 1 aliphatic heterocycles. The molecule has 22 heavy (non-hydrogen) atoms. The van der Waals surface area contributed by atoms with Crippen LogP contribution in [0.25, 0.3) is 0 Å². The van der Waals surface area contributed by atoms with Gasteiger partial charge in [0.25, 0.3) is 0 Å². The molecule has 0 aliphatic carbocycles. The van der Waals surface area contributed by atoms with E-state index in [1.54, 1.807) is 0 Å². The molecule has 0 spiro atoms. The number of aryl methyl sites for hydroxylation is 2. The number of aliphatic hydroxyl groups excluding tert-OH is 1. The molecule has 2 heterocycles. The average molecular weight is 308 g/mol. The summed E-state index contributed by atoms with van der Waals surface area (Å²) in [5.74, 6) is 2.50. The van der Waals surface area contributed by atoms with E-state index in [-0.39, 0.29) is 12.0 Å². The zero-order chi connectivity index (χ0) is 16.1. The summed E-state index contributed by atoms with van der Waals surface area (Å²) >= 11 is 0. The monoisotopic (exact) mass is 308 g/mol. The van der Waals surface area contributed by atoms with Crippen molar-refractivity contribution in [3.8, 4) is 0 Å². The first-order valence-electron chi connectivity index (χ1n) is 8.29. The molecule has 1 unspecified atom stereocenters. The molecule has 1 amide bonds. The fraction of sp³-hybridized carbons (Fsp3) is 0.812. The van der Waals surface area contributed by atoms with Crippen LogP contribution in [0.1, 0.15) is 51.2 Å². The third-order valence-corrected chi connectivity index (χ3v) is 4.36. The lowest BCUT2D eigenvalue weighted by molar-refractivity contribution is -0.133. The van der Waals surface area contributed by atoms with Crippen molar-refractivity contribution in [3.05, 3.63) is 11.6 Å². The Labute approximate surface area is 132 Å². The van der Waals surface area contributed by atoms with Gasteiger partial charge in [-0.25, -0.2) is 4.98 Å². The Morgan fingerprint density at radius 3 is 2.64 bits per heavy atom. The molecule has 2 rings (SSSR count). The summed E-state index contributed by atoms with van der Waals surface area (Å²) in [6.07, 6.45) is 3.46. The van der Waals surface area contributed by atoms with Crippen molar-refractivity contribution in [2.24, 2.45) is 11.8 Å². The van der Waals surface area contributed by atoms with Gasteiger partial charge in [-0.05, 0) is 38.0 Å². The maximum absolute atomic E-state index is 12.2. The topological polar surface area (TPSA) is 82.1 Å². The highest BCUT2D eigenvalue weighted by atomic mass is 16.3. The van der Waals surface area contributed by atoms with Crippen molar-refractivity contribution in [1.29, 1.82) is 0 Å². The summed E-state index contributed by atoms with van der Waals surface area (Å²) in [6.45, 7) is 7.63. The van der Waals surface area contributed by atoms with Gasteiger partial charge in [0.1, 0.15) is 5.82 Å². The lowest BCUT2D eigenvalue weighted by Crippen LogP contribution is -2.41. The standard InChI is InChI=1S/C16H28N4O2/c1-11(2)10-14(21)13-6-8-20(9-7-13)16(22)5-4-15-17-12(3)18-19-15/h11,13-14,21H,4-10H2,1-3H3,(H,17,18,19). The van der Waals surface area contributed by atoms with E-state index >= 15 is 0 Å². The smallest absolute Gasteiger partial charge is 0.223 e. The fourth-order valence-electron chi connectivity index (χ4n) is 3.09. The summed E-state index contributed by atoms with van der Waals surface area (Å²) in [7, 11) is 0. The number of likely N-dealkylation sites (tertiary alicyclic amines) is 1. The lowest BCUT2D eigenvalue weighted by Gasteiger charge is -2.34. The van der Waals surface area contributed by atoms with Crippen LogP contribution < -0.4 is 0 Å². The highest BCUT2D eigenvalue weighted by Crippen LogP contribution is 2.24. The molecular weight excluding hydrogens is 280 g/mol. The molecule has 0 saturated carbocycles. The van der Waals surface area contributed by atoms with Crippen LogP contribution in [0, 0.1) is 18.8 Å². The Kier molecular flexibility index (Phi) is 5.94. The van der Waals surface area contributed by atoms with Crippen LogP contribution in [0.4, 0.5) is 0 Å². The van der Waals surface area contributed by atoms with Gasteiger partial charge in [-0.2, -0.15) is 5.10 Å². The third-order valence-electron chi connectivity index (χ3n) is 4.36. The normalized spacial score (nSPS) is 18.0. The Morgan fingerprint density at radius 1 is 1.41 bits per heavy atom. The van der Waals surface area contributed by atoms with Crippen LogP contribution in [-0.2, 0) is 11.2 Å². The molecule has 1 atom stereocenters. The van der Waals surface area contributed by atoms with Gasteiger partial charge in [-0.3, -0.25) is 9.89 Å². The zero-order valence-electron chi connectivity index (χ0n) is 13.9. The predicted octanol–water partition coefficient (Wildman–Crippen LogP) is 1.69. The number of carbonyl (C=O) groups excluding carboxylic acids is 1. The average Bonchev–Trinajstić information content (AvgIpc) is 2.90. The lowest BCUT2D eigenvalue weighted by atomic mass is 9.87. The minimum atomic E-state index is -0.228. The SMILES string of the molecule is Cc1nc(CCC(=O)N2CCC(C(O)CC(C)C)CC2)n[nH]1. The van der Waals surface area contributed by atoms with Gasteiger partial charge in [0.15, 0.2) is 5.82 Å². The third kappa shape index (κ3) is 4.80. The van der Waals surface area contributed by atoms with Gasteiger partial charge in [0, 0.05) is 25.9 Å². The number of aromatic nitrogens is 3. The first kappa shape index (κ1) is 16.9. The highest BCUT2D eigenvalue weighted by molar-refractivity contribution is 5.76. The first-order chi connectivity index (χ1) is 10.5. The van der Waals surface area contributed by atoms with E-state index in [1.165, 1.54) is 0 Å². The maximum Gasteiger partial charge on any atom is 0.223 e. The molecule has 0 aromatic carbocycles. The summed E-state index contributed by atoms with van der Waals surface area (Å²) < 4.78 is 0. The van der Waals surface area contributed by atoms with Gasteiger partial charge >= 0.3 is 0 Å². The number of hydrogen-bond acceptors (Lipinski definition) is 4. The van der Waals surface area contributed by atoms with E-state index < -0.39 is 0 Å². The van der Waals surface area contributed by atoms with Crippen molar-refractivity contribution in [2.75, 3.05) is 13.1 Å². The molecule has 6 heteroatoms. The van der Waals surface area contributed by atoms with Crippen LogP contribution in [0.2, 0.25) is 0 Å². The van der Waals surface area contributed by atoms with Crippen LogP contribution >= 0.6 is 0 Å². The number of amides is 1. The van der Waals surface area contributed by atoms with Gasteiger partial charge < -0.3 is 10.0 Å². The summed E-state index contributed by atoms with van der Waals surface area (Å²) in [4.78, 5) is 18.4. The van der Waals surface area contributed by atoms with Crippen LogP contribution in [0.5, 0.6) is 0 Å². The van der Waals surface area contributed by atoms with Crippen LogP contribution in [-0.4, -0.2) is 50.3 Å². The summed E-state index contributed by atoms with van der Waals surface area (Å²) in [5.41, 5.74) is 0. The molecule has 2 N–H and O–H groups in total. The van der Waals surface area contributed by atoms with E-state index in [0.29, 0.717) is 30.5 Å². The number of piperidine rings is 1. The summed E-state index contributed by atoms with van der Waals surface area (Å²) in [6, 6.07) is 0. The second-order valence-electron chi connectivity index (χ2n) is 6.75. The van der Waals surface area contributed by atoms with Crippen molar-refractivity contribution in [1.82, 2.24) is 20.1 Å². The first-order valence-corrected chi connectivity index (χ1v) is 8.29. The molecular formula is C16H28N4O2. The van der Waals surface area contributed by atoms with Gasteiger partial charge in [0.2, 0.25) is 5.91 Å². The van der Waals surface area contributed by atoms with E-state index in [9.17, 15) is 9.90 Å². The Balaban J connectivity index is 1.72. The second kappa shape index (κ2) is 7.72. The number of nitrogens with zero attached hydrogens (tertiary/aromatic N) is 3. The van der Waals surface area contributed by atoms with Gasteiger partial charge in [-0.1, -0.05) is 13.8 Å². The molecule has 1 aromatic heterocycles. The number of aromatic amines is 1. The second-order valence-corrected chi connectivity index (χ2v) is 6.75. The molecule has 0 radical (unpaired) electrons. The number of H-pyrrole nitrogens is 1.